The van der Waals surface area contributed by atoms with Gasteiger partial charge in [-0.1, -0.05) is 49.2 Å². The zero-order chi connectivity index (χ0) is 14.8. The van der Waals surface area contributed by atoms with E-state index in [4.69, 9.17) is 4.74 Å². The van der Waals surface area contributed by atoms with Crippen LogP contribution < -0.4 is 5.32 Å². The number of benzene rings is 1. The van der Waals surface area contributed by atoms with Crippen molar-refractivity contribution < 1.29 is 4.74 Å². The van der Waals surface area contributed by atoms with Crippen molar-refractivity contribution in [3.05, 3.63) is 59.4 Å². The molecule has 1 aliphatic heterocycles. The molecule has 116 valence electrons. The fourth-order valence-corrected chi connectivity index (χ4v) is 4.36. The first-order chi connectivity index (χ1) is 10.9. The third kappa shape index (κ3) is 2.85. The van der Waals surface area contributed by atoms with Crippen LogP contribution in [0.2, 0.25) is 0 Å². The average Bonchev–Trinajstić information content (AvgIpc) is 3.05. The van der Waals surface area contributed by atoms with Gasteiger partial charge < -0.3 is 10.1 Å². The molecule has 2 nitrogen and oxygen atoms in total. The Hall–Kier alpha value is -1.54. The lowest BCUT2D eigenvalue weighted by atomic mass is 9.76. The third-order valence-corrected chi connectivity index (χ3v) is 5.51. The lowest BCUT2D eigenvalue weighted by molar-refractivity contribution is 0.0479. The fraction of sp³-hybridized carbons (Fsp3) is 0.500. The van der Waals surface area contributed by atoms with Crippen LogP contribution in [-0.4, -0.2) is 12.6 Å². The van der Waals surface area contributed by atoms with E-state index in [9.17, 15) is 0 Å². The van der Waals surface area contributed by atoms with Gasteiger partial charge in [0, 0.05) is 12.5 Å². The zero-order valence-electron chi connectivity index (χ0n) is 13.1. The summed E-state index contributed by atoms with van der Waals surface area (Å²) < 4.78 is 6.37. The van der Waals surface area contributed by atoms with Crippen molar-refractivity contribution in [3.8, 4) is 0 Å². The summed E-state index contributed by atoms with van der Waals surface area (Å²) in [6, 6.07) is 10.6. The second-order valence-corrected chi connectivity index (χ2v) is 6.90. The minimum absolute atomic E-state index is 0.375. The first-order valence-electron chi connectivity index (χ1n) is 8.71. The summed E-state index contributed by atoms with van der Waals surface area (Å²) in [5.74, 6) is 2.80. The van der Waals surface area contributed by atoms with Crippen LogP contribution in [0.4, 0.5) is 0 Å². The molecule has 2 aliphatic carbocycles. The Morgan fingerprint density at radius 2 is 1.91 bits per heavy atom. The van der Waals surface area contributed by atoms with E-state index in [1.165, 1.54) is 43.2 Å². The Morgan fingerprint density at radius 3 is 2.82 bits per heavy atom. The summed E-state index contributed by atoms with van der Waals surface area (Å²) in [4.78, 5) is 0. The molecule has 2 fully saturated rings. The SMILES string of the molecule is C1=C(CNCc2ccccc2)OC2C(=C1)CCC1CCCC12. The minimum atomic E-state index is 0.375. The maximum absolute atomic E-state index is 6.37. The standard InChI is InChI=1S/C20H25NO/c1-2-5-15(6-3-1)13-21-14-18-12-11-17-10-9-16-7-4-8-19(16)20(17)22-18/h1-3,5-6,11-12,16,19-21H,4,7-10,13-14H2. The van der Waals surface area contributed by atoms with Crippen molar-refractivity contribution in [3.63, 3.8) is 0 Å². The van der Waals surface area contributed by atoms with E-state index in [0.29, 0.717) is 6.10 Å². The van der Waals surface area contributed by atoms with Gasteiger partial charge in [0.15, 0.2) is 0 Å². The minimum Gasteiger partial charge on any atom is -0.489 e. The highest BCUT2D eigenvalue weighted by Crippen LogP contribution is 2.46. The Balaban J connectivity index is 1.35. The van der Waals surface area contributed by atoms with Crippen LogP contribution in [0.1, 0.15) is 37.7 Å². The molecule has 2 saturated carbocycles. The molecule has 1 aromatic rings. The molecule has 3 unspecified atom stereocenters. The van der Waals surface area contributed by atoms with Gasteiger partial charge in [-0.25, -0.2) is 0 Å². The summed E-state index contributed by atoms with van der Waals surface area (Å²) in [6.45, 7) is 1.72. The highest BCUT2D eigenvalue weighted by molar-refractivity contribution is 5.27. The molecule has 22 heavy (non-hydrogen) atoms. The van der Waals surface area contributed by atoms with Gasteiger partial charge in [-0.2, -0.15) is 0 Å². The van der Waals surface area contributed by atoms with Gasteiger partial charge in [0.2, 0.25) is 0 Å². The molecule has 0 amide bonds. The molecule has 0 spiro atoms. The number of nitrogens with one attached hydrogen (secondary N) is 1. The average molecular weight is 295 g/mol. The summed E-state index contributed by atoms with van der Waals surface area (Å²) in [6.07, 6.45) is 11.7. The van der Waals surface area contributed by atoms with E-state index in [1.54, 1.807) is 0 Å². The number of rotatable bonds is 4. The zero-order valence-corrected chi connectivity index (χ0v) is 13.1. The Morgan fingerprint density at radius 1 is 1.00 bits per heavy atom. The van der Waals surface area contributed by atoms with Crippen molar-refractivity contribution in [2.45, 2.75) is 44.8 Å². The molecule has 4 rings (SSSR count). The number of fused-ring (bicyclic) bond motifs is 3. The predicted octanol–water partition coefficient (Wildman–Crippen LogP) is 4.20. The van der Waals surface area contributed by atoms with Crippen LogP contribution in [0.15, 0.2) is 53.8 Å². The van der Waals surface area contributed by atoms with Gasteiger partial charge in [-0.3, -0.25) is 0 Å². The quantitative estimate of drug-likeness (QED) is 0.899. The van der Waals surface area contributed by atoms with Crippen molar-refractivity contribution >= 4 is 0 Å². The van der Waals surface area contributed by atoms with Gasteiger partial charge in [0.05, 0.1) is 6.54 Å². The highest BCUT2D eigenvalue weighted by atomic mass is 16.5. The van der Waals surface area contributed by atoms with Crippen molar-refractivity contribution in [2.75, 3.05) is 6.54 Å². The van der Waals surface area contributed by atoms with E-state index in [-0.39, 0.29) is 0 Å². The monoisotopic (exact) mass is 295 g/mol. The van der Waals surface area contributed by atoms with Crippen LogP contribution in [0, 0.1) is 11.8 Å². The molecule has 3 atom stereocenters. The molecule has 0 bridgehead atoms. The molecule has 3 aliphatic rings. The van der Waals surface area contributed by atoms with Crippen molar-refractivity contribution in [2.24, 2.45) is 11.8 Å². The molecule has 2 heteroatoms. The topological polar surface area (TPSA) is 21.3 Å². The molecule has 1 heterocycles. The van der Waals surface area contributed by atoms with E-state index in [2.05, 4.69) is 47.8 Å². The number of ether oxygens (including phenoxy) is 1. The normalized spacial score (nSPS) is 29.9. The van der Waals surface area contributed by atoms with Crippen molar-refractivity contribution in [1.82, 2.24) is 5.32 Å². The Bertz CT molecular complexity index is 575. The van der Waals surface area contributed by atoms with E-state index in [0.717, 1.165) is 30.7 Å². The largest absolute Gasteiger partial charge is 0.489 e. The number of hydrogen-bond donors (Lipinski definition) is 1. The fourth-order valence-electron chi connectivity index (χ4n) is 4.36. The van der Waals surface area contributed by atoms with Crippen LogP contribution in [-0.2, 0) is 11.3 Å². The Labute approximate surface area is 133 Å². The van der Waals surface area contributed by atoms with Gasteiger partial charge in [0.25, 0.3) is 0 Å². The van der Waals surface area contributed by atoms with Crippen LogP contribution in [0.5, 0.6) is 0 Å². The van der Waals surface area contributed by atoms with Gasteiger partial charge in [0.1, 0.15) is 11.9 Å². The summed E-state index contributed by atoms with van der Waals surface area (Å²) in [5, 5.41) is 3.50. The second kappa shape index (κ2) is 6.29. The lowest BCUT2D eigenvalue weighted by Crippen LogP contribution is -2.35. The maximum atomic E-state index is 6.37. The summed E-state index contributed by atoms with van der Waals surface area (Å²) in [7, 11) is 0. The Kier molecular flexibility index (Phi) is 4.03. The highest BCUT2D eigenvalue weighted by Gasteiger charge is 2.41. The van der Waals surface area contributed by atoms with Gasteiger partial charge in [-0.15, -0.1) is 0 Å². The maximum Gasteiger partial charge on any atom is 0.123 e. The second-order valence-electron chi connectivity index (χ2n) is 6.90. The summed E-state index contributed by atoms with van der Waals surface area (Å²) >= 11 is 0. The molecule has 1 N–H and O–H groups in total. The van der Waals surface area contributed by atoms with Gasteiger partial charge >= 0.3 is 0 Å². The predicted molar refractivity (Wildman–Crippen MR) is 89.3 cm³/mol. The van der Waals surface area contributed by atoms with E-state index in [1.807, 2.05) is 0 Å². The lowest BCUT2D eigenvalue weighted by Gasteiger charge is -2.38. The molecule has 0 saturated heterocycles. The third-order valence-electron chi connectivity index (χ3n) is 5.51. The van der Waals surface area contributed by atoms with Crippen LogP contribution in [0.3, 0.4) is 0 Å². The molecule has 1 aromatic carbocycles. The van der Waals surface area contributed by atoms with E-state index >= 15 is 0 Å². The first-order valence-corrected chi connectivity index (χ1v) is 8.71. The molecule has 0 aromatic heterocycles. The number of allylic oxidation sites excluding steroid dienone is 2. The summed E-state index contributed by atoms with van der Waals surface area (Å²) in [5.41, 5.74) is 2.86. The number of hydrogen-bond acceptors (Lipinski definition) is 2. The molecular formula is C20H25NO. The first kappa shape index (κ1) is 14.1. The molecule has 0 radical (unpaired) electrons. The smallest absolute Gasteiger partial charge is 0.123 e. The van der Waals surface area contributed by atoms with Gasteiger partial charge in [-0.05, 0) is 42.4 Å². The van der Waals surface area contributed by atoms with E-state index < -0.39 is 0 Å². The van der Waals surface area contributed by atoms with Crippen molar-refractivity contribution in [1.29, 1.82) is 0 Å². The van der Waals surface area contributed by atoms with Crippen LogP contribution >= 0.6 is 0 Å². The molecular weight excluding hydrogens is 270 g/mol. The van der Waals surface area contributed by atoms with Crippen LogP contribution in [0.25, 0.3) is 0 Å².